The minimum Gasteiger partial charge on any atom is -0.325 e. The summed E-state index contributed by atoms with van der Waals surface area (Å²) in [5.41, 5.74) is 0.923. The van der Waals surface area contributed by atoms with Gasteiger partial charge >= 0.3 is 0 Å². The first-order valence-corrected chi connectivity index (χ1v) is 9.18. The Bertz CT molecular complexity index is 606. The van der Waals surface area contributed by atoms with E-state index < -0.39 is 9.84 Å². The molecule has 1 amide bonds. The SMILES string of the molecule is CS(=O)(=O)CCSCCC(=O)Nc1ccccc1C#N. The second-order valence-corrected chi connectivity index (χ2v) is 7.68. The van der Waals surface area contributed by atoms with Gasteiger partial charge in [-0.1, -0.05) is 12.1 Å². The fourth-order valence-corrected chi connectivity index (χ4v) is 3.60. The topological polar surface area (TPSA) is 87.0 Å². The summed E-state index contributed by atoms with van der Waals surface area (Å²) in [6.45, 7) is 0. The van der Waals surface area contributed by atoms with Crippen molar-refractivity contribution in [2.75, 3.05) is 28.8 Å². The van der Waals surface area contributed by atoms with Crippen molar-refractivity contribution < 1.29 is 13.2 Å². The number of benzene rings is 1. The molecule has 0 aliphatic heterocycles. The molecule has 0 heterocycles. The number of carbonyl (C=O) groups excluding carboxylic acids is 1. The summed E-state index contributed by atoms with van der Waals surface area (Å²) < 4.78 is 21.8. The molecule has 0 aromatic heterocycles. The van der Waals surface area contributed by atoms with E-state index >= 15 is 0 Å². The van der Waals surface area contributed by atoms with Crippen LogP contribution >= 0.6 is 11.8 Å². The highest BCUT2D eigenvalue weighted by Gasteiger charge is 2.07. The van der Waals surface area contributed by atoms with Gasteiger partial charge in [0.25, 0.3) is 0 Å². The van der Waals surface area contributed by atoms with Gasteiger partial charge < -0.3 is 5.32 Å². The molecule has 1 rings (SSSR count). The molecule has 108 valence electrons. The Hall–Kier alpha value is -1.52. The van der Waals surface area contributed by atoms with Crippen molar-refractivity contribution in [1.29, 1.82) is 5.26 Å². The van der Waals surface area contributed by atoms with E-state index in [0.29, 0.717) is 22.8 Å². The first-order chi connectivity index (χ1) is 9.42. The van der Waals surface area contributed by atoms with Crippen molar-refractivity contribution in [2.45, 2.75) is 6.42 Å². The molecule has 0 fully saturated rings. The lowest BCUT2D eigenvalue weighted by atomic mass is 10.2. The van der Waals surface area contributed by atoms with Gasteiger partial charge in [-0.2, -0.15) is 17.0 Å². The Kier molecular flexibility index (Phi) is 6.55. The van der Waals surface area contributed by atoms with E-state index in [4.69, 9.17) is 5.26 Å². The predicted molar refractivity (Wildman–Crippen MR) is 81.4 cm³/mol. The molecule has 0 bridgehead atoms. The molecule has 0 aliphatic rings. The van der Waals surface area contributed by atoms with Crippen LogP contribution in [-0.4, -0.2) is 37.8 Å². The lowest BCUT2D eigenvalue weighted by Gasteiger charge is -2.06. The van der Waals surface area contributed by atoms with Gasteiger partial charge in [0.2, 0.25) is 5.91 Å². The Morgan fingerprint density at radius 1 is 1.35 bits per heavy atom. The number of nitriles is 1. The lowest BCUT2D eigenvalue weighted by Crippen LogP contribution is -2.13. The number of rotatable bonds is 7. The molecule has 0 aliphatic carbocycles. The molecule has 7 heteroatoms. The zero-order valence-corrected chi connectivity index (χ0v) is 12.8. The summed E-state index contributed by atoms with van der Waals surface area (Å²) in [6.07, 6.45) is 1.48. The van der Waals surface area contributed by atoms with Gasteiger partial charge in [0, 0.05) is 24.2 Å². The molecule has 0 saturated heterocycles. The molecule has 1 aromatic rings. The smallest absolute Gasteiger partial charge is 0.225 e. The van der Waals surface area contributed by atoms with Gasteiger partial charge in [-0.3, -0.25) is 4.79 Å². The number of hydrogen-bond donors (Lipinski definition) is 1. The van der Waals surface area contributed by atoms with Crippen molar-refractivity contribution in [3.63, 3.8) is 0 Å². The maximum atomic E-state index is 11.7. The minimum atomic E-state index is -2.94. The van der Waals surface area contributed by atoms with Gasteiger partial charge in [0.05, 0.1) is 17.0 Å². The van der Waals surface area contributed by atoms with Crippen LogP contribution in [0.5, 0.6) is 0 Å². The fraction of sp³-hybridized carbons (Fsp3) is 0.385. The van der Waals surface area contributed by atoms with E-state index in [0.717, 1.165) is 0 Å². The fourth-order valence-electron chi connectivity index (χ4n) is 1.38. The standard InChI is InChI=1S/C13H16N2O3S2/c1-20(17,18)9-8-19-7-6-13(16)15-12-5-3-2-4-11(12)10-14/h2-5H,6-9H2,1H3,(H,15,16). The zero-order chi connectivity index (χ0) is 15.0. The van der Waals surface area contributed by atoms with E-state index in [9.17, 15) is 13.2 Å². The summed E-state index contributed by atoms with van der Waals surface area (Å²) in [5, 5.41) is 11.6. The number of carbonyl (C=O) groups is 1. The zero-order valence-electron chi connectivity index (χ0n) is 11.1. The Morgan fingerprint density at radius 2 is 2.05 bits per heavy atom. The molecule has 0 saturated carbocycles. The molecule has 20 heavy (non-hydrogen) atoms. The monoisotopic (exact) mass is 312 g/mol. The van der Waals surface area contributed by atoms with E-state index in [1.165, 1.54) is 18.0 Å². The quantitative estimate of drug-likeness (QED) is 0.774. The van der Waals surface area contributed by atoms with Crippen molar-refractivity contribution in [1.82, 2.24) is 0 Å². The van der Waals surface area contributed by atoms with Crippen molar-refractivity contribution in [2.24, 2.45) is 0 Å². The van der Waals surface area contributed by atoms with E-state index in [2.05, 4.69) is 5.32 Å². The van der Waals surface area contributed by atoms with Crippen molar-refractivity contribution in [3.8, 4) is 6.07 Å². The summed E-state index contributed by atoms with van der Waals surface area (Å²) in [4.78, 5) is 11.7. The third-order valence-corrected chi connectivity index (χ3v) is 4.58. The number of thioether (sulfide) groups is 1. The van der Waals surface area contributed by atoms with Gasteiger partial charge in [0.1, 0.15) is 15.9 Å². The molecular formula is C13H16N2O3S2. The maximum Gasteiger partial charge on any atom is 0.225 e. The Balaban J connectivity index is 2.33. The normalized spacial score (nSPS) is 10.8. The third-order valence-electron chi connectivity index (χ3n) is 2.39. The number of sulfone groups is 1. The predicted octanol–water partition coefficient (Wildman–Crippen LogP) is 1.66. The highest BCUT2D eigenvalue weighted by Crippen LogP contribution is 2.14. The number of nitrogens with zero attached hydrogens (tertiary/aromatic N) is 1. The number of hydrogen-bond acceptors (Lipinski definition) is 5. The van der Waals surface area contributed by atoms with Crippen LogP contribution in [0.25, 0.3) is 0 Å². The summed E-state index contributed by atoms with van der Waals surface area (Å²) in [5.74, 6) is 0.979. The van der Waals surface area contributed by atoms with Crippen molar-refractivity contribution >= 4 is 33.2 Å². The molecular weight excluding hydrogens is 296 g/mol. The number of anilines is 1. The number of amides is 1. The van der Waals surface area contributed by atoms with Crippen LogP contribution in [0.1, 0.15) is 12.0 Å². The first-order valence-electron chi connectivity index (χ1n) is 5.97. The molecule has 0 atom stereocenters. The molecule has 0 spiro atoms. The molecule has 0 radical (unpaired) electrons. The van der Waals surface area contributed by atoms with E-state index in [1.54, 1.807) is 24.3 Å². The largest absolute Gasteiger partial charge is 0.325 e. The van der Waals surface area contributed by atoms with Crippen LogP contribution in [0.2, 0.25) is 0 Å². The Labute approximate surface area is 123 Å². The van der Waals surface area contributed by atoms with E-state index in [1.807, 2.05) is 6.07 Å². The number of nitrogens with one attached hydrogen (secondary N) is 1. The second kappa shape index (κ2) is 7.92. The highest BCUT2D eigenvalue weighted by atomic mass is 32.2. The summed E-state index contributed by atoms with van der Waals surface area (Å²) in [7, 11) is -2.94. The third kappa shape index (κ3) is 6.59. The highest BCUT2D eigenvalue weighted by molar-refractivity contribution is 8.00. The van der Waals surface area contributed by atoms with Crippen LogP contribution in [0.4, 0.5) is 5.69 Å². The maximum absolute atomic E-state index is 11.7. The van der Waals surface area contributed by atoms with Crippen LogP contribution in [0.3, 0.4) is 0 Å². The van der Waals surface area contributed by atoms with Gasteiger partial charge in [-0.05, 0) is 12.1 Å². The van der Waals surface area contributed by atoms with Gasteiger partial charge in [0.15, 0.2) is 0 Å². The van der Waals surface area contributed by atoms with Crippen LogP contribution < -0.4 is 5.32 Å². The van der Waals surface area contributed by atoms with Crippen molar-refractivity contribution in [3.05, 3.63) is 29.8 Å². The molecule has 5 nitrogen and oxygen atoms in total. The van der Waals surface area contributed by atoms with Gasteiger partial charge in [-0.25, -0.2) is 8.42 Å². The summed E-state index contributed by atoms with van der Waals surface area (Å²) in [6, 6.07) is 8.80. The van der Waals surface area contributed by atoms with Gasteiger partial charge in [-0.15, -0.1) is 0 Å². The second-order valence-electron chi connectivity index (χ2n) is 4.20. The molecule has 0 unspecified atom stereocenters. The van der Waals surface area contributed by atoms with Crippen LogP contribution in [0, 0.1) is 11.3 Å². The molecule has 1 N–H and O–H groups in total. The average molecular weight is 312 g/mol. The van der Waals surface area contributed by atoms with Crippen LogP contribution in [0.15, 0.2) is 24.3 Å². The first kappa shape index (κ1) is 16.5. The van der Waals surface area contributed by atoms with Crippen LogP contribution in [-0.2, 0) is 14.6 Å². The molecule has 1 aromatic carbocycles. The average Bonchev–Trinajstić information content (AvgIpc) is 2.37. The number of para-hydroxylation sites is 1. The van der Waals surface area contributed by atoms with E-state index in [-0.39, 0.29) is 18.1 Å². The minimum absolute atomic E-state index is 0.122. The Morgan fingerprint density at radius 3 is 2.70 bits per heavy atom. The summed E-state index contributed by atoms with van der Waals surface area (Å²) >= 11 is 1.42. The lowest BCUT2D eigenvalue weighted by molar-refractivity contribution is -0.115.